The van der Waals surface area contributed by atoms with E-state index in [1.54, 1.807) is 0 Å². The summed E-state index contributed by atoms with van der Waals surface area (Å²) in [6.45, 7) is -1.71. The highest BCUT2D eigenvalue weighted by Gasteiger charge is 2.39. The molecule has 0 amide bonds. The molecule has 0 aliphatic rings. The van der Waals surface area contributed by atoms with Crippen LogP contribution in [0.3, 0.4) is 0 Å². The minimum absolute atomic E-state index is 0.532. The maximum absolute atomic E-state index is 12.4. The molecule has 0 bridgehead atoms. The summed E-state index contributed by atoms with van der Waals surface area (Å²) in [6, 6.07) is 0. The first-order chi connectivity index (χ1) is 17.4. The summed E-state index contributed by atoms with van der Waals surface area (Å²) in [5.74, 6) is 0. The standard InChI is InChI=1S/C4H9O6S3.C3H4F4NO4S2.CH4NO2S.2CH4O3S/c1-11(5,6)4(12(2,7)8)13(3,9)10;4-2-1-3(5,6)13(9,10)8-14(7,11)12;3*1-5(2,3)4/h1-3H3;1-2H2;1H3,(H-,2,3,4);2*1H3,(H,2,3,4)/q3*-1;;/p-2. The van der Waals surface area contributed by atoms with Crippen LogP contribution in [0.2, 0.25) is 0 Å². The number of halogens is 4. The number of hydrogen-bond donors (Lipinski definition) is 0. The summed E-state index contributed by atoms with van der Waals surface area (Å²) < 4.78 is 226. The third kappa shape index (κ3) is 43.6. The molecule has 0 saturated carbocycles. The number of nitrogens with one attached hydrogen (secondary N) is 1. The van der Waals surface area contributed by atoms with E-state index in [-0.39, 0.29) is 0 Å². The van der Waals surface area contributed by atoms with Crippen molar-refractivity contribution in [2.24, 2.45) is 0 Å². The van der Waals surface area contributed by atoms with Gasteiger partial charge in [-0.15, -0.1) is 3.89 Å². The van der Waals surface area contributed by atoms with E-state index in [2.05, 4.69) is 0 Å². The van der Waals surface area contributed by atoms with Crippen LogP contribution in [0.5, 0.6) is 0 Å². The fraction of sp³-hybridized carbons (Fsp3) is 0.900. The highest BCUT2D eigenvalue weighted by molar-refractivity contribution is 8.28. The van der Waals surface area contributed by atoms with Crippen LogP contribution in [0.25, 0.3) is 9.27 Å². The van der Waals surface area contributed by atoms with Crippen molar-refractivity contribution in [2.45, 2.75) is 11.7 Å². The van der Waals surface area contributed by atoms with Crippen molar-refractivity contribution in [2.75, 3.05) is 44.2 Å². The molecule has 0 rings (SSSR count). The van der Waals surface area contributed by atoms with Crippen LogP contribution in [0.4, 0.5) is 17.1 Å². The van der Waals surface area contributed by atoms with E-state index >= 15 is 0 Å². The van der Waals surface area contributed by atoms with Gasteiger partial charge in [-0.3, -0.25) is 29.6 Å². The average molecular weight is 792 g/mol. The van der Waals surface area contributed by atoms with Gasteiger partial charge < -0.3 is 18.4 Å². The largest absolute Gasteiger partial charge is 0.748 e. The first-order valence-electron chi connectivity index (χ1n) is 8.49. The van der Waals surface area contributed by atoms with Crippen LogP contribution in [0, 0.1) is 3.91 Å². The molecular weight excluding hydrogens is 769 g/mol. The number of hydrogen-bond acceptors (Lipinski definition) is 18. The smallest absolute Gasteiger partial charge is 0.332 e. The minimum Gasteiger partial charge on any atom is -0.748 e. The number of rotatable bonds is 8. The normalized spacial score (nSPS) is 13.5. The van der Waals surface area contributed by atoms with Crippen molar-refractivity contribution in [1.29, 1.82) is 0 Å². The van der Waals surface area contributed by atoms with Crippen molar-refractivity contribution in [1.82, 2.24) is 0 Å². The first kappa shape index (κ1) is 50.8. The van der Waals surface area contributed by atoms with Gasteiger partial charge in [0.05, 0.1) is 72.9 Å². The van der Waals surface area contributed by atoms with Gasteiger partial charge in [0.25, 0.3) is 0 Å². The summed E-state index contributed by atoms with van der Waals surface area (Å²) in [7, 11) is -35.8. The van der Waals surface area contributed by atoms with Crippen LogP contribution in [-0.2, 0) is 80.2 Å². The molecule has 0 fully saturated rings. The van der Waals surface area contributed by atoms with Gasteiger partial charge >= 0.3 is 5.25 Å². The second-order valence-electron chi connectivity index (χ2n) is 6.78. The van der Waals surface area contributed by atoms with Crippen molar-refractivity contribution >= 4 is 80.2 Å². The van der Waals surface area contributed by atoms with E-state index < -0.39 is 102 Å². The first-order valence-corrected chi connectivity index (χ1v) is 22.5. The molecule has 32 heteroatoms. The summed E-state index contributed by atoms with van der Waals surface area (Å²) in [5.41, 5.74) is 0. The number of sulfone groups is 3. The van der Waals surface area contributed by atoms with Gasteiger partial charge in [-0.25, -0.2) is 42.1 Å². The maximum atomic E-state index is 12.4. The van der Waals surface area contributed by atoms with E-state index in [9.17, 15) is 67.6 Å². The van der Waals surface area contributed by atoms with Crippen molar-refractivity contribution in [3.8, 4) is 0 Å². The molecule has 1 N–H and O–H groups in total. The van der Waals surface area contributed by atoms with Gasteiger partial charge in [-0.2, -0.15) is 8.78 Å². The second kappa shape index (κ2) is 17.6. The highest BCUT2D eigenvalue weighted by atomic mass is 32.3. The zero-order valence-electron chi connectivity index (χ0n) is 21.5. The summed E-state index contributed by atoms with van der Waals surface area (Å²) >= 11 is 0. The van der Waals surface area contributed by atoms with Crippen molar-refractivity contribution in [3.05, 3.63) is 13.2 Å². The number of alkyl halides is 3. The summed E-state index contributed by atoms with van der Waals surface area (Å²) in [4.78, 5) is 0. The molecular formula is C10H23F4N2O18S8-5. The zero-order chi connectivity index (χ0) is 36.2. The molecule has 0 spiro atoms. The lowest BCUT2D eigenvalue weighted by atomic mass is 10.5. The minimum atomic E-state index is -5.95. The van der Waals surface area contributed by atoms with E-state index in [1.807, 2.05) is 0 Å². The number of sulfonamides is 2. The fourth-order valence-electron chi connectivity index (χ4n) is 1.24. The Morgan fingerprint density at radius 3 is 0.929 bits per heavy atom. The second-order valence-corrected chi connectivity index (χ2v) is 20.7. The molecule has 20 nitrogen and oxygen atoms in total. The van der Waals surface area contributed by atoms with E-state index in [1.165, 1.54) is 4.13 Å². The van der Waals surface area contributed by atoms with Crippen LogP contribution >= 0.6 is 0 Å². The van der Waals surface area contributed by atoms with Crippen molar-refractivity contribution < 1.29 is 93.5 Å². The monoisotopic (exact) mass is 791 g/mol. The Morgan fingerprint density at radius 1 is 0.643 bits per heavy atom. The molecule has 0 saturated heterocycles. The Bertz CT molecular complexity index is 1560. The van der Waals surface area contributed by atoms with Gasteiger partial charge in [0.2, 0.25) is 10.4 Å². The predicted molar refractivity (Wildman–Crippen MR) is 136 cm³/mol. The lowest BCUT2D eigenvalue weighted by molar-refractivity contribution is 0.0752. The highest BCUT2D eigenvalue weighted by Crippen LogP contribution is 2.32. The molecule has 0 aromatic heterocycles. The third-order valence-corrected chi connectivity index (χ3v) is 11.6. The van der Waals surface area contributed by atoms with E-state index in [0.29, 0.717) is 31.3 Å². The van der Waals surface area contributed by atoms with Crippen LogP contribution in [0.1, 0.15) is 6.42 Å². The molecule has 0 aromatic carbocycles. The Morgan fingerprint density at radius 2 is 0.833 bits per heavy atom. The number of nitrogens with zero attached hydrogens (tertiary/aromatic N) is 1. The quantitative estimate of drug-likeness (QED) is 0.108. The van der Waals surface area contributed by atoms with Gasteiger partial charge in [-0.1, -0.05) is 0 Å². The fourth-order valence-corrected chi connectivity index (χ4v) is 9.54. The Hall–Kier alpha value is -0.840. The van der Waals surface area contributed by atoms with E-state index in [0.717, 1.165) is 6.26 Å². The van der Waals surface area contributed by atoms with Crippen LogP contribution < -0.4 is 0 Å². The Balaban J connectivity index is -0.000000148. The van der Waals surface area contributed by atoms with E-state index in [4.69, 9.17) is 31.1 Å². The van der Waals surface area contributed by atoms with Gasteiger partial charge in [-0.05, 0) is 0 Å². The molecule has 0 unspecified atom stereocenters. The molecule has 0 aliphatic heterocycles. The van der Waals surface area contributed by atoms with Gasteiger partial charge in [0, 0.05) is 41.4 Å². The van der Waals surface area contributed by atoms with Gasteiger partial charge in [0.15, 0.2) is 10.0 Å². The molecule has 0 atom stereocenters. The van der Waals surface area contributed by atoms with Crippen LogP contribution in [0.15, 0.2) is 0 Å². The molecule has 0 radical (unpaired) electrons. The lowest BCUT2D eigenvalue weighted by Crippen LogP contribution is -2.29. The van der Waals surface area contributed by atoms with Crippen LogP contribution in [-0.4, -0.2) is 126 Å². The topological polar surface area (TPSA) is 357 Å². The maximum Gasteiger partial charge on any atom is 0.332 e. The zero-order valence-corrected chi connectivity index (χ0v) is 28.0. The molecule has 0 aliphatic carbocycles. The SMILES string of the molecule is CS(=O)(=O)[C-](S(C)(=O)=O)S(C)(=O)=O.CS(=O)(=O)[O-].CS(=O)(=O)[O-].CS([NH-])(=O)=O.O=S(=O)(F)[N-]S(=O)(=O)C(F)(F)CCF. The van der Waals surface area contributed by atoms with Gasteiger partial charge in [0.1, 0.15) is 0 Å². The summed E-state index contributed by atoms with van der Waals surface area (Å²) in [6.07, 6.45) is 1.85. The molecule has 42 heavy (non-hydrogen) atoms. The Labute approximate surface area is 241 Å². The molecule has 0 aromatic rings. The third-order valence-electron chi connectivity index (χ3n) is 1.86. The molecule has 0 heterocycles. The predicted octanol–water partition coefficient (Wildman–Crippen LogP) is -2.26. The molecule has 262 valence electrons. The Kier molecular flexibility index (Phi) is 21.3. The average Bonchev–Trinajstić information content (AvgIpc) is 2.42. The lowest BCUT2D eigenvalue weighted by Gasteiger charge is -2.22. The summed E-state index contributed by atoms with van der Waals surface area (Å²) in [5, 5.41) is 1.17. The van der Waals surface area contributed by atoms with Crippen molar-refractivity contribution in [3.63, 3.8) is 0 Å².